The molecule has 0 unspecified atom stereocenters. The molecule has 0 aliphatic rings. The molecule has 0 bridgehead atoms. The SMILES string of the molecule is Cc1cc(NC(=O)Cc2ccc(F)cc2F)cnc1Br. The van der Waals surface area contributed by atoms with Crippen molar-refractivity contribution < 1.29 is 13.6 Å². The van der Waals surface area contributed by atoms with Crippen molar-refractivity contribution in [3.05, 3.63) is 57.8 Å². The molecule has 20 heavy (non-hydrogen) atoms. The van der Waals surface area contributed by atoms with Crippen molar-refractivity contribution in [2.24, 2.45) is 0 Å². The zero-order chi connectivity index (χ0) is 14.7. The monoisotopic (exact) mass is 340 g/mol. The van der Waals surface area contributed by atoms with Gasteiger partial charge in [0, 0.05) is 6.07 Å². The van der Waals surface area contributed by atoms with Crippen LogP contribution < -0.4 is 5.32 Å². The van der Waals surface area contributed by atoms with E-state index in [1.54, 1.807) is 6.07 Å². The van der Waals surface area contributed by atoms with E-state index in [0.717, 1.165) is 17.7 Å². The van der Waals surface area contributed by atoms with Gasteiger partial charge in [-0.05, 0) is 46.1 Å². The van der Waals surface area contributed by atoms with Crippen LogP contribution in [0, 0.1) is 18.6 Å². The van der Waals surface area contributed by atoms with Crippen LogP contribution in [0.1, 0.15) is 11.1 Å². The molecular weight excluding hydrogens is 330 g/mol. The molecule has 1 aromatic carbocycles. The van der Waals surface area contributed by atoms with Crippen molar-refractivity contribution in [1.82, 2.24) is 4.98 Å². The van der Waals surface area contributed by atoms with Gasteiger partial charge in [0.1, 0.15) is 16.2 Å². The smallest absolute Gasteiger partial charge is 0.228 e. The van der Waals surface area contributed by atoms with Crippen molar-refractivity contribution in [3.8, 4) is 0 Å². The first kappa shape index (κ1) is 14.6. The molecule has 1 N–H and O–H groups in total. The predicted octanol–water partition coefficient (Wildman–Crippen LogP) is 3.61. The Hall–Kier alpha value is -1.82. The maximum Gasteiger partial charge on any atom is 0.228 e. The predicted molar refractivity (Wildman–Crippen MR) is 75.4 cm³/mol. The van der Waals surface area contributed by atoms with Crippen LogP contribution in [0.5, 0.6) is 0 Å². The second kappa shape index (κ2) is 6.09. The van der Waals surface area contributed by atoms with E-state index in [0.29, 0.717) is 10.3 Å². The van der Waals surface area contributed by atoms with Crippen molar-refractivity contribution in [2.75, 3.05) is 5.32 Å². The third kappa shape index (κ3) is 3.60. The molecule has 1 aromatic heterocycles. The summed E-state index contributed by atoms with van der Waals surface area (Å²) < 4.78 is 26.9. The molecule has 0 saturated carbocycles. The molecule has 1 heterocycles. The molecular formula is C14H11BrF2N2O. The van der Waals surface area contributed by atoms with Crippen LogP contribution in [-0.2, 0) is 11.2 Å². The summed E-state index contributed by atoms with van der Waals surface area (Å²) in [5, 5.41) is 2.62. The number of nitrogens with one attached hydrogen (secondary N) is 1. The fraction of sp³-hybridized carbons (Fsp3) is 0.143. The number of anilines is 1. The molecule has 3 nitrogen and oxygen atoms in total. The van der Waals surface area contributed by atoms with E-state index in [9.17, 15) is 13.6 Å². The van der Waals surface area contributed by atoms with E-state index in [1.807, 2.05) is 6.92 Å². The lowest BCUT2D eigenvalue weighted by Gasteiger charge is -2.07. The second-order valence-corrected chi connectivity index (χ2v) is 5.04. The van der Waals surface area contributed by atoms with Crippen LogP contribution in [0.2, 0.25) is 0 Å². The van der Waals surface area contributed by atoms with Crippen LogP contribution in [0.3, 0.4) is 0 Å². The summed E-state index contributed by atoms with van der Waals surface area (Å²) in [6.45, 7) is 1.84. The summed E-state index contributed by atoms with van der Waals surface area (Å²) in [7, 11) is 0. The Morgan fingerprint density at radius 3 is 2.75 bits per heavy atom. The lowest BCUT2D eigenvalue weighted by molar-refractivity contribution is -0.115. The molecule has 104 valence electrons. The van der Waals surface area contributed by atoms with Crippen molar-refractivity contribution >= 4 is 27.5 Å². The number of nitrogens with zero attached hydrogens (tertiary/aromatic N) is 1. The average molecular weight is 341 g/mol. The standard InChI is InChI=1S/C14H11BrF2N2O/c1-8-4-11(7-18-14(8)15)19-13(20)5-9-2-3-10(16)6-12(9)17/h2-4,6-7H,5H2,1H3,(H,19,20). The summed E-state index contributed by atoms with van der Waals surface area (Å²) in [5.74, 6) is -1.79. The molecule has 0 saturated heterocycles. The largest absolute Gasteiger partial charge is 0.324 e. The summed E-state index contributed by atoms with van der Waals surface area (Å²) in [4.78, 5) is 15.9. The van der Waals surface area contributed by atoms with E-state index in [2.05, 4.69) is 26.2 Å². The van der Waals surface area contributed by atoms with Crippen molar-refractivity contribution in [3.63, 3.8) is 0 Å². The van der Waals surface area contributed by atoms with Gasteiger partial charge in [0.05, 0.1) is 18.3 Å². The highest BCUT2D eigenvalue weighted by Crippen LogP contribution is 2.17. The third-order valence-corrected chi connectivity index (χ3v) is 3.49. The molecule has 0 radical (unpaired) electrons. The van der Waals surface area contributed by atoms with Crippen LogP contribution >= 0.6 is 15.9 Å². The Bertz CT molecular complexity index is 662. The normalized spacial score (nSPS) is 10.4. The lowest BCUT2D eigenvalue weighted by atomic mass is 10.1. The quantitative estimate of drug-likeness (QED) is 0.867. The fourth-order valence-electron chi connectivity index (χ4n) is 1.67. The first-order valence-electron chi connectivity index (χ1n) is 5.81. The van der Waals surface area contributed by atoms with Gasteiger partial charge in [0.25, 0.3) is 0 Å². The first-order valence-corrected chi connectivity index (χ1v) is 6.61. The van der Waals surface area contributed by atoms with Crippen LogP contribution in [-0.4, -0.2) is 10.9 Å². The van der Waals surface area contributed by atoms with Crippen LogP contribution in [0.25, 0.3) is 0 Å². The number of halogens is 3. The van der Waals surface area contributed by atoms with E-state index in [4.69, 9.17) is 0 Å². The summed E-state index contributed by atoms with van der Waals surface area (Å²) in [5.41, 5.74) is 1.54. The van der Waals surface area contributed by atoms with Gasteiger partial charge in [-0.3, -0.25) is 4.79 Å². The lowest BCUT2D eigenvalue weighted by Crippen LogP contribution is -2.15. The van der Waals surface area contributed by atoms with Gasteiger partial charge < -0.3 is 5.32 Å². The second-order valence-electron chi connectivity index (χ2n) is 4.29. The highest BCUT2D eigenvalue weighted by molar-refractivity contribution is 9.10. The zero-order valence-electron chi connectivity index (χ0n) is 10.6. The molecule has 0 atom stereocenters. The Labute approximate surface area is 123 Å². The number of amides is 1. The zero-order valence-corrected chi connectivity index (χ0v) is 12.2. The molecule has 6 heteroatoms. The Morgan fingerprint density at radius 2 is 2.10 bits per heavy atom. The maximum absolute atomic E-state index is 13.4. The third-order valence-electron chi connectivity index (χ3n) is 2.66. The number of carbonyl (C=O) groups is 1. The number of hydrogen-bond acceptors (Lipinski definition) is 2. The molecule has 1 amide bonds. The molecule has 2 rings (SSSR count). The minimum Gasteiger partial charge on any atom is -0.324 e. The highest BCUT2D eigenvalue weighted by Gasteiger charge is 2.10. The number of rotatable bonds is 3. The Morgan fingerprint density at radius 1 is 1.35 bits per heavy atom. The number of pyridine rings is 1. The molecule has 0 aliphatic carbocycles. The van der Waals surface area contributed by atoms with Gasteiger partial charge in [0.15, 0.2) is 0 Å². The van der Waals surface area contributed by atoms with Gasteiger partial charge in [-0.15, -0.1) is 0 Å². The van der Waals surface area contributed by atoms with Gasteiger partial charge >= 0.3 is 0 Å². The molecule has 0 fully saturated rings. The van der Waals surface area contributed by atoms with Crippen LogP contribution in [0.15, 0.2) is 35.1 Å². The van der Waals surface area contributed by atoms with E-state index >= 15 is 0 Å². The Kier molecular flexibility index (Phi) is 4.44. The van der Waals surface area contributed by atoms with Gasteiger partial charge in [-0.2, -0.15) is 0 Å². The van der Waals surface area contributed by atoms with E-state index < -0.39 is 11.6 Å². The number of aryl methyl sites for hydroxylation is 1. The maximum atomic E-state index is 13.4. The van der Waals surface area contributed by atoms with Crippen molar-refractivity contribution in [1.29, 1.82) is 0 Å². The van der Waals surface area contributed by atoms with Gasteiger partial charge in [0.2, 0.25) is 5.91 Å². The number of aromatic nitrogens is 1. The average Bonchev–Trinajstić information content (AvgIpc) is 2.37. The van der Waals surface area contributed by atoms with E-state index in [1.165, 1.54) is 12.3 Å². The van der Waals surface area contributed by atoms with Crippen molar-refractivity contribution in [2.45, 2.75) is 13.3 Å². The Balaban J connectivity index is 2.07. The molecule has 0 spiro atoms. The van der Waals surface area contributed by atoms with Gasteiger partial charge in [-0.1, -0.05) is 6.07 Å². The van der Waals surface area contributed by atoms with E-state index in [-0.39, 0.29) is 17.9 Å². The number of benzene rings is 1. The first-order chi connectivity index (χ1) is 9.45. The number of hydrogen-bond donors (Lipinski definition) is 1. The number of carbonyl (C=O) groups excluding carboxylic acids is 1. The highest BCUT2D eigenvalue weighted by atomic mass is 79.9. The minimum atomic E-state index is -0.731. The fourth-order valence-corrected chi connectivity index (χ4v) is 1.89. The van der Waals surface area contributed by atoms with Crippen LogP contribution in [0.4, 0.5) is 14.5 Å². The molecule has 0 aliphatic heterocycles. The minimum absolute atomic E-state index is 0.144. The molecule has 2 aromatic rings. The summed E-state index contributed by atoms with van der Waals surface area (Å²) >= 11 is 3.26. The van der Waals surface area contributed by atoms with Gasteiger partial charge in [-0.25, -0.2) is 13.8 Å². The summed E-state index contributed by atoms with van der Waals surface area (Å²) in [6, 6.07) is 4.89. The summed E-state index contributed by atoms with van der Waals surface area (Å²) in [6.07, 6.45) is 1.33. The topological polar surface area (TPSA) is 42.0 Å².